The molecule has 2 rings (SSSR count). The van der Waals surface area contributed by atoms with Crippen LogP contribution >= 0.6 is 11.5 Å². The van der Waals surface area contributed by atoms with E-state index in [1.807, 2.05) is 6.07 Å². The summed E-state index contributed by atoms with van der Waals surface area (Å²) < 4.78 is 30.1. The number of anilines is 2. The van der Waals surface area contributed by atoms with Crippen molar-refractivity contribution in [1.29, 1.82) is 5.26 Å². The molecule has 0 unspecified atom stereocenters. The van der Waals surface area contributed by atoms with Gasteiger partial charge in [-0.2, -0.15) is 9.64 Å². The van der Waals surface area contributed by atoms with Crippen molar-refractivity contribution in [2.45, 2.75) is 6.92 Å². The lowest BCUT2D eigenvalue weighted by Crippen LogP contribution is -1.94. The lowest BCUT2D eigenvalue weighted by molar-refractivity contribution is 0.586. The highest BCUT2D eigenvalue weighted by Gasteiger charge is 2.12. The van der Waals surface area contributed by atoms with Gasteiger partial charge in [0.1, 0.15) is 28.3 Å². The molecule has 86 valence electrons. The Morgan fingerprint density at radius 2 is 2.18 bits per heavy atom. The van der Waals surface area contributed by atoms with E-state index >= 15 is 0 Å². The number of aromatic nitrogens is 1. The fraction of sp³-hybridized carbons (Fsp3) is 0.0909. The van der Waals surface area contributed by atoms with Crippen molar-refractivity contribution in [3.63, 3.8) is 0 Å². The molecule has 1 heterocycles. The molecular formula is C11H7F2N3S. The van der Waals surface area contributed by atoms with Gasteiger partial charge in [0.2, 0.25) is 0 Å². The minimum atomic E-state index is -0.708. The van der Waals surface area contributed by atoms with E-state index in [0.717, 1.165) is 23.7 Å². The first-order chi connectivity index (χ1) is 8.11. The Morgan fingerprint density at radius 3 is 2.82 bits per heavy atom. The lowest BCUT2D eigenvalue weighted by Gasteiger charge is -2.04. The van der Waals surface area contributed by atoms with Crippen molar-refractivity contribution in [3.8, 4) is 6.07 Å². The molecule has 1 N–H and O–H groups in total. The predicted octanol–water partition coefficient (Wildman–Crippen LogP) is 3.35. The first kappa shape index (κ1) is 11.5. The number of benzene rings is 1. The Kier molecular flexibility index (Phi) is 3.02. The molecule has 0 saturated carbocycles. The van der Waals surface area contributed by atoms with Gasteiger partial charge < -0.3 is 5.32 Å². The molecule has 2 aromatic rings. The van der Waals surface area contributed by atoms with Gasteiger partial charge >= 0.3 is 0 Å². The molecule has 0 aliphatic rings. The minimum Gasteiger partial charge on any atom is -0.342 e. The molecule has 6 heteroatoms. The van der Waals surface area contributed by atoms with Crippen LogP contribution in [0.4, 0.5) is 19.5 Å². The quantitative estimate of drug-likeness (QED) is 0.890. The summed E-state index contributed by atoms with van der Waals surface area (Å²) in [6.07, 6.45) is 0. The zero-order valence-corrected chi connectivity index (χ0v) is 9.61. The minimum absolute atomic E-state index is 0.117. The van der Waals surface area contributed by atoms with Gasteiger partial charge in [0.25, 0.3) is 0 Å². The molecule has 17 heavy (non-hydrogen) atoms. The van der Waals surface area contributed by atoms with Crippen LogP contribution in [-0.2, 0) is 0 Å². The van der Waals surface area contributed by atoms with E-state index in [9.17, 15) is 8.78 Å². The highest BCUT2D eigenvalue weighted by atomic mass is 32.1. The molecule has 0 amide bonds. The molecule has 1 aromatic carbocycles. The number of halogens is 2. The van der Waals surface area contributed by atoms with Crippen molar-refractivity contribution in [3.05, 3.63) is 41.1 Å². The molecule has 0 spiro atoms. The van der Waals surface area contributed by atoms with Crippen LogP contribution in [0.2, 0.25) is 0 Å². The Morgan fingerprint density at radius 1 is 1.41 bits per heavy atom. The van der Waals surface area contributed by atoms with E-state index in [1.54, 1.807) is 6.92 Å². The van der Waals surface area contributed by atoms with Crippen LogP contribution in [0, 0.1) is 29.9 Å². The van der Waals surface area contributed by atoms with Crippen LogP contribution in [0.15, 0.2) is 18.2 Å². The fourth-order valence-corrected chi connectivity index (χ4v) is 2.06. The number of hydrogen-bond acceptors (Lipinski definition) is 4. The molecule has 0 aliphatic heterocycles. The molecule has 0 radical (unpaired) electrons. The number of nitrogens with zero attached hydrogens (tertiary/aromatic N) is 2. The molecular weight excluding hydrogens is 244 g/mol. The van der Waals surface area contributed by atoms with Gasteiger partial charge in [0.05, 0.1) is 11.4 Å². The third-order valence-corrected chi connectivity index (χ3v) is 3.01. The van der Waals surface area contributed by atoms with Crippen LogP contribution in [-0.4, -0.2) is 4.37 Å². The Balaban J connectivity index is 2.35. The SMILES string of the molecule is Cc1nsc(Nc2ccc(F)cc2F)c1C#N. The maximum absolute atomic E-state index is 13.4. The first-order valence-corrected chi connectivity index (χ1v) is 5.47. The van der Waals surface area contributed by atoms with E-state index < -0.39 is 11.6 Å². The van der Waals surface area contributed by atoms with Crippen molar-refractivity contribution in [2.24, 2.45) is 0 Å². The van der Waals surface area contributed by atoms with Gasteiger partial charge in [-0.05, 0) is 30.6 Å². The molecule has 0 atom stereocenters. The normalized spacial score (nSPS) is 10.0. The Labute approximate surface area is 100 Å². The number of nitrogens with one attached hydrogen (secondary N) is 1. The van der Waals surface area contributed by atoms with Crippen LogP contribution in [0.3, 0.4) is 0 Å². The second-order valence-corrected chi connectivity index (χ2v) is 4.11. The van der Waals surface area contributed by atoms with Gasteiger partial charge in [-0.1, -0.05) is 0 Å². The second-order valence-electron chi connectivity index (χ2n) is 3.33. The molecule has 1 aromatic heterocycles. The summed E-state index contributed by atoms with van der Waals surface area (Å²) in [4.78, 5) is 0. The largest absolute Gasteiger partial charge is 0.342 e. The van der Waals surface area contributed by atoms with Crippen LogP contribution in [0.5, 0.6) is 0 Å². The Hall–Kier alpha value is -2.00. The van der Waals surface area contributed by atoms with Gasteiger partial charge in [0, 0.05) is 6.07 Å². The van der Waals surface area contributed by atoms with E-state index in [1.165, 1.54) is 6.07 Å². The maximum Gasteiger partial charge on any atom is 0.149 e. The summed E-state index contributed by atoms with van der Waals surface area (Å²) in [6.45, 7) is 1.70. The average molecular weight is 251 g/mol. The molecule has 0 fully saturated rings. The van der Waals surface area contributed by atoms with Gasteiger partial charge in [-0.15, -0.1) is 0 Å². The lowest BCUT2D eigenvalue weighted by atomic mass is 10.2. The smallest absolute Gasteiger partial charge is 0.149 e. The number of rotatable bonds is 2. The zero-order chi connectivity index (χ0) is 12.4. The maximum atomic E-state index is 13.4. The highest BCUT2D eigenvalue weighted by Crippen LogP contribution is 2.28. The second kappa shape index (κ2) is 4.47. The molecule has 0 saturated heterocycles. The van der Waals surface area contributed by atoms with Crippen molar-refractivity contribution >= 4 is 22.2 Å². The van der Waals surface area contributed by atoms with Gasteiger partial charge in [0.15, 0.2) is 0 Å². The third kappa shape index (κ3) is 2.24. The summed E-state index contributed by atoms with van der Waals surface area (Å²) in [7, 11) is 0. The molecule has 0 aliphatic carbocycles. The first-order valence-electron chi connectivity index (χ1n) is 4.70. The van der Waals surface area contributed by atoms with Gasteiger partial charge in [-0.25, -0.2) is 8.78 Å². The summed E-state index contributed by atoms with van der Waals surface area (Å²) >= 11 is 1.06. The average Bonchev–Trinajstić information content (AvgIpc) is 2.63. The summed E-state index contributed by atoms with van der Waals surface area (Å²) in [5.41, 5.74) is 1.08. The predicted molar refractivity (Wildman–Crippen MR) is 61.2 cm³/mol. The summed E-state index contributed by atoms with van der Waals surface area (Å²) in [5.74, 6) is -1.35. The number of nitriles is 1. The fourth-order valence-electron chi connectivity index (χ4n) is 1.30. The van der Waals surface area contributed by atoms with E-state index in [4.69, 9.17) is 5.26 Å². The zero-order valence-electron chi connectivity index (χ0n) is 8.79. The third-order valence-electron chi connectivity index (χ3n) is 2.15. The topological polar surface area (TPSA) is 48.7 Å². The monoisotopic (exact) mass is 251 g/mol. The van der Waals surface area contributed by atoms with E-state index in [-0.39, 0.29) is 5.69 Å². The number of hydrogen-bond donors (Lipinski definition) is 1. The van der Waals surface area contributed by atoms with E-state index in [2.05, 4.69) is 9.69 Å². The number of aryl methyl sites for hydroxylation is 1. The van der Waals surface area contributed by atoms with Gasteiger partial charge in [-0.3, -0.25) is 0 Å². The van der Waals surface area contributed by atoms with Crippen molar-refractivity contribution in [2.75, 3.05) is 5.32 Å². The van der Waals surface area contributed by atoms with Crippen LogP contribution in [0.25, 0.3) is 0 Å². The highest BCUT2D eigenvalue weighted by molar-refractivity contribution is 7.10. The molecule has 3 nitrogen and oxygen atoms in total. The van der Waals surface area contributed by atoms with Crippen molar-refractivity contribution in [1.82, 2.24) is 4.37 Å². The standard InChI is InChI=1S/C11H7F2N3S/c1-6-8(5-14)11(17-16-6)15-10-3-2-7(12)4-9(10)13/h2-4,15H,1H3. The van der Waals surface area contributed by atoms with Crippen LogP contribution in [0.1, 0.15) is 11.3 Å². The Bertz CT molecular complexity index is 601. The van der Waals surface area contributed by atoms with Crippen LogP contribution < -0.4 is 5.32 Å². The summed E-state index contributed by atoms with van der Waals surface area (Å²) in [5, 5.41) is 12.1. The van der Waals surface area contributed by atoms with E-state index in [0.29, 0.717) is 16.3 Å². The molecule has 0 bridgehead atoms. The summed E-state index contributed by atoms with van der Waals surface area (Å²) in [6, 6.07) is 5.19. The van der Waals surface area contributed by atoms with Crippen molar-refractivity contribution < 1.29 is 8.78 Å².